The summed E-state index contributed by atoms with van der Waals surface area (Å²) in [5, 5.41) is 0. The molecular formula is C7H13NS. The Labute approximate surface area is 61.3 Å². The zero-order valence-corrected chi connectivity index (χ0v) is 7.03. The van der Waals surface area contributed by atoms with E-state index in [9.17, 15) is 0 Å². The van der Waals surface area contributed by atoms with Crippen LogP contribution in [0.2, 0.25) is 0 Å². The molecule has 9 heavy (non-hydrogen) atoms. The Morgan fingerprint density at radius 3 is 2.44 bits per heavy atom. The van der Waals surface area contributed by atoms with Crippen LogP contribution in [0.25, 0.3) is 0 Å². The van der Waals surface area contributed by atoms with Gasteiger partial charge in [-0.2, -0.15) is 0 Å². The monoisotopic (exact) mass is 143 g/mol. The first-order valence-electron chi connectivity index (χ1n) is 2.82. The van der Waals surface area contributed by atoms with Crippen LogP contribution < -0.4 is 0 Å². The quantitative estimate of drug-likeness (QED) is 0.335. The van der Waals surface area contributed by atoms with E-state index in [-0.39, 0.29) is 5.54 Å². The fourth-order valence-electron chi connectivity index (χ4n) is 0.241. The van der Waals surface area contributed by atoms with Crippen LogP contribution in [0, 0.1) is 0 Å². The van der Waals surface area contributed by atoms with Gasteiger partial charge in [0.25, 0.3) is 0 Å². The van der Waals surface area contributed by atoms with Gasteiger partial charge in [0.2, 0.25) is 0 Å². The van der Waals surface area contributed by atoms with Crippen molar-refractivity contribution in [3.8, 4) is 0 Å². The summed E-state index contributed by atoms with van der Waals surface area (Å²) in [6.07, 6.45) is 3.82. The SMILES string of the molecule is C=CC(C)(C)N=CSC. The molecule has 0 aliphatic rings. The third-order valence-electron chi connectivity index (χ3n) is 0.990. The topological polar surface area (TPSA) is 12.4 Å². The summed E-state index contributed by atoms with van der Waals surface area (Å²) in [7, 11) is 0. The lowest BCUT2D eigenvalue weighted by Crippen LogP contribution is -2.10. The van der Waals surface area contributed by atoms with Crippen molar-refractivity contribution >= 4 is 17.3 Å². The van der Waals surface area contributed by atoms with Crippen LogP contribution in [0.4, 0.5) is 0 Å². The van der Waals surface area contributed by atoms with Crippen LogP contribution in [-0.4, -0.2) is 17.3 Å². The highest BCUT2D eigenvalue weighted by atomic mass is 32.2. The Bertz CT molecular complexity index is 116. The Balaban J connectivity index is 3.84. The van der Waals surface area contributed by atoms with E-state index in [4.69, 9.17) is 0 Å². The fraction of sp³-hybridized carbons (Fsp3) is 0.571. The standard InChI is InChI=1S/C7H13NS/c1-5-7(2,3)8-6-9-4/h5-6H,1H2,2-4H3. The van der Waals surface area contributed by atoms with E-state index in [1.165, 1.54) is 0 Å². The Kier molecular flexibility index (Phi) is 3.62. The van der Waals surface area contributed by atoms with Crippen molar-refractivity contribution in [1.29, 1.82) is 0 Å². The van der Waals surface area contributed by atoms with Crippen molar-refractivity contribution in [3.05, 3.63) is 12.7 Å². The summed E-state index contributed by atoms with van der Waals surface area (Å²) in [4.78, 5) is 4.21. The molecule has 0 aliphatic carbocycles. The van der Waals surface area contributed by atoms with Gasteiger partial charge in [0.1, 0.15) is 0 Å². The third kappa shape index (κ3) is 4.28. The molecule has 0 rings (SSSR count). The largest absolute Gasteiger partial charge is 0.276 e. The minimum Gasteiger partial charge on any atom is -0.276 e. The van der Waals surface area contributed by atoms with E-state index in [0.717, 1.165) is 0 Å². The minimum atomic E-state index is -0.0942. The number of hydrogen-bond acceptors (Lipinski definition) is 2. The maximum Gasteiger partial charge on any atom is 0.0735 e. The number of hydrogen-bond donors (Lipinski definition) is 0. The van der Waals surface area contributed by atoms with E-state index >= 15 is 0 Å². The minimum absolute atomic E-state index is 0.0942. The lowest BCUT2D eigenvalue weighted by molar-refractivity contribution is 0.664. The molecule has 0 atom stereocenters. The third-order valence-corrected chi connectivity index (χ3v) is 1.31. The molecule has 0 amide bonds. The molecule has 0 bridgehead atoms. The summed E-state index contributed by atoms with van der Waals surface area (Å²) in [5.74, 6) is 0. The maximum atomic E-state index is 4.21. The molecule has 52 valence electrons. The molecular weight excluding hydrogens is 130 g/mol. The van der Waals surface area contributed by atoms with Gasteiger partial charge in [0, 0.05) is 0 Å². The second kappa shape index (κ2) is 3.72. The van der Waals surface area contributed by atoms with Crippen LogP contribution in [0.1, 0.15) is 13.8 Å². The first-order chi connectivity index (χ1) is 4.12. The van der Waals surface area contributed by atoms with Crippen molar-refractivity contribution in [1.82, 2.24) is 0 Å². The van der Waals surface area contributed by atoms with E-state index in [0.29, 0.717) is 0 Å². The molecule has 1 nitrogen and oxygen atoms in total. The van der Waals surface area contributed by atoms with Gasteiger partial charge in [-0.25, -0.2) is 0 Å². The zero-order chi connectivity index (χ0) is 7.33. The predicted octanol–water partition coefficient (Wildman–Crippen LogP) is 2.34. The molecule has 0 fully saturated rings. The van der Waals surface area contributed by atoms with E-state index in [1.54, 1.807) is 11.8 Å². The number of rotatable bonds is 3. The molecule has 0 saturated heterocycles. The fourth-order valence-corrected chi connectivity index (χ4v) is 0.618. The molecule has 0 N–H and O–H groups in total. The molecule has 0 radical (unpaired) electrons. The molecule has 0 heterocycles. The summed E-state index contributed by atoms with van der Waals surface area (Å²) in [6, 6.07) is 0. The first-order valence-corrected chi connectivity index (χ1v) is 4.11. The highest BCUT2D eigenvalue weighted by Crippen LogP contribution is 2.09. The molecule has 0 aromatic heterocycles. The Hall–Kier alpha value is -0.240. The number of nitrogens with zero attached hydrogens (tertiary/aromatic N) is 1. The van der Waals surface area contributed by atoms with Gasteiger partial charge in [-0.1, -0.05) is 6.08 Å². The van der Waals surface area contributed by atoms with Gasteiger partial charge in [-0.15, -0.1) is 18.3 Å². The van der Waals surface area contributed by atoms with Crippen LogP contribution in [-0.2, 0) is 0 Å². The van der Waals surface area contributed by atoms with Gasteiger partial charge >= 0.3 is 0 Å². The first kappa shape index (κ1) is 8.76. The van der Waals surface area contributed by atoms with Crippen LogP contribution >= 0.6 is 11.8 Å². The van der Waals surface area contributed by atoms with Gasteiger partial charge in [0.15, 0.2) is 0 Å². The molecule has 0 spiro atoms. The average molecular weight is 143 g/mol. The lowest BCUT2D eigenvalue weighted by Gasteiger charge is -2.11. The maximum absolute atomic E-state index is 4.21. The molecule has 0 aromatic rings. The summed E-state index contributed by atoms with van der Waals surface area (Å²) in [6.45, 7) is 7.70. The smallest absolute Gasteiger partial charge is 0.0735 e. The summed E-state index contributed by atoms with van der Waals surface area (Å²) in [5.41, 5.74) is 1.74. The van der Waals surface area contributed by atoms with Gasteiger partial charge < -0.3 is 0 Å². The molecule has 0 aliphatic heterocycles. The van der Waals surface area contributed by atoms with Crippen LogP contribution in [0.3, 0.4) is 0 Å². The Morgan fingerprint density at radius 1 is 1.56 bits per heavy atom. The zero-order valence-electron chi connectivity index (χ0n) is 6.22. The molecule has 0 unspecified atom stereocenters. The second-order valence-corrected chi connectivity index (χ2v) is 3.01. The van der Waals surface area contributed by atoms with Gasteiger partial charge in [0.05, 0.1) is 11.1 Å². The van der Waals surface area contributed by atoms with Crippen molar-refractivity contribution in [2.24, 2.45) is 4.99 Å². The normalized spacial score (nSPS) is 12.3. The molecule has 0 aromatic carbocycles. The lowest BCUT2D eigenvalue weighted by atomic mass is 10.1. The number of aliphatic imine (C=N–C) groups is 1. The van der Waals surface area contributed by atoms with Crippen LogP contribution in [0.5, 0.6) is 0 Å². The summed E-state index contributed by atoms with van der Waals surface area (Å²) >= 11 is 1.60. The van der Waals surface area contributed by atoms with E-state index in [2.05, 4.69) is 11.6 Å². The van der Waals surface area contributed by atoms with Crippen molar-refractivity contribution in [2.45, 2.75) is 19.4 Å². The molecule has 0 saturated carbocycles. The van der Waals surface area contributed by atoms with Crippen molar-refractivity contribution in [3.63, 3.8) is 0 Å². The van der Waals surface area contributed by atoms with Gasteiger partial charge in [-0.05, 0) is 20.1 Å². The van der Waals surface area contributed by atoms with Gasteiger partial charge in [-0.3, -0.25) is 4.99 Å². The molecule has 2 heteroatoms. The highest BCUT2D eigenvalue weighted by Gasteiger charge is 2.06. The van der Waals surface area contributed by atoms with E-state index in [1.807, 2.05) is 31.7 Å². The van der Waals surface area contributed by atoms with E-state index < -0.39 is 0 Å². The number of thioether (sulfide) groups is 1. The Morgan fingerprint density at radius 2 is 2.11 bits per heavy atom. The second-order valence-electron chi connectivity index (χ2n) is 2.33. The van der Waals surface area contributed by atoms with Crippen molar-refractivity contribution < 1.29 is 0 Å². The van der Waals surface area contributed by atoms with Crippen LogP contribution in [0.15, 0.2) is 17.6 Å². The summed E-state index contributed by atoms with van der Waals surface area (Å²) < 4.78 is 0. The van der Waals surface area contributed by atoms with Crippen molar-refractivity contribution in [2.75, 3.05) is 6.26 Å². The predicted molar refractivity (Wildman–Crippen MR) is 46.3 cm³/mol. The highest BCUT2D eigenvalue weighted by molar-refractivity contribution is 8.11. The average Bonchev–Trinajstić information content (AvgIpc) is 1.84.